The third-order valence-corrected chi connectivity index (χ3v) is 4.66. The number of aromatic nitrogens is 2. The molecule has 1 aliphatic carbocycles. The molecule has 0 radical (unpaired) electrons. The first-order chi connectivity index (χ1) is 9.28. The molecule has 2 aromatic rings. The van der Waals surface area contributed by atoms with Crippen LogP contribution >= 0.6 is 36.2 Å². The fourth-order valence-corrected chi connectivity index (χ4v) is 3.55. The number of nitrogens with zero attached hydrogens (tertiary/aromatic N) is 2. The number of hydrogen-bond acceptors (Lipinski definition) is 4. The van der Waals surface area contributed by atoms with E-state index in [9.17, 15) is 4.79 Å². The molecule has 1 fully saturated rings. The topological polar surface area (TPSA) is 72.4 Å². The van der Waals surface area contributed by atoms with Gasteiger partial charge < -0.3 is 11.1 Å². The molecule has 1 aliphatic rings. The number of nitrogens with two attached hydrogens (primary N) is 1. The lowest BCUT2D eigenvalue weighted by atomic mass is 9.95. The molecule has 2 atom stereocenters. The fraction of sp³-hybridized carbons (Fsp3) is 0.538. The summed E-state index contributed by atoms with van der Waals surface area (Å²) in [6.45, 7) is 1.11. The molecule has 3 rings (SSSR count). The van der Waals surface area contributed by atoms with Crippen LogP contribution in [-0.2, 0) is 11.3 Å². The zero-order valence-electron chi connectivity index (χ0n) is 11.5. The van der Waals surface area contributed by atoms with Crippen LogP contribution in [0.3, 0.4) is 0 Å². The van der Waals surface area contributed by atoms with Crippen LogP contribution in [0.25, 0.3) is 4.96 Å². The van der Waals surface area contributed by atoms with Gasteiger partial charge >= 0.3 is 0 Å². The zero-order valence-corrected chi connectivity index (χ0v) is 14.0. The third kappa shape index (κ3) is 3.88. The van der Waals surface area contributed by atoms with Crippen molar-refractivity contribution in [3.63, 3.8) is 0 Å². The minimum Gasteiger partial charge on any atom is -0.350 e. The van der Waals surface area contributed by atoms with Gasteiger partial charge in [-0.05, 0) is 25.3 Å². The zero-order chi connectivity index (χ0) is 13.2. The van der Waals surface area contributed by atoms with E-state index in [0.717, 1.165) is 29.9 Å². The Hall–Kier alpha value is -0.820. The lowest BCUT2D eigenvalue weighted by Gasteiger charge is -2.16. The predicted molar refractivity (Wildman–Crippen MR) is 89.3 cm³/mol. The standard InChI is InChI=1S/C13H18N4OS.2ClH/c14-6-9-2-1-3-11(9)12(18)15-7-10-8-17-4-5-19-13(17)16-10;;/h4-5,8-9,11H,1-3,6-7,14H2,(H,15,18);2*1H/t9-,11-;;/m1../s1. The molecule has 118 valence electrons. The molecule has 2 heterocycles. The van der Waals surface area contributed by atoms with E-state index >= 15 is 0 Å². The van der Waals surface area contributed by atoms with Crippen LogP contribution < -0.4 is 11.1 Å². The Kier molecular flexibility index (Phi) is 6.93. The van der Waals surface area contributed by atoms with Crippen LogP contribution in [0.15, 0.2) is 17.8 Å². The maximum absolute atomic E-state index is 12.1. The van der Waals surface area contributed by atoms with Gasteiger partial charge in [0.2, 0.25) is 5.91 Å². The van der Waals surface area contributed by atoms with E-state index in [1.807, 2.05) is 22.2 Å². The second kappa shape index (κ2) is 7.98. The maximum atomic E-state index is 12.1. The van der Waals surface area contributed by atoms with Gasteiger partial charge in [0.1, 0.15) is 0 Å². The van der Waals surface area contributed by atoms with Crippen LogP contribution in [0.5, 0.6) is 0 Å². The van der Waals surface area contributed by atoms with Crippen LogP contribution in [0.2, 0.25) is 0 Å². The molecular formula is C13H20Cl2N4OS. The molecule has 0 bridgehead atoms. The smallest absolute Gasteiger partial charge is 0.223 e. The number of nitrogens with one attached hydrogen (secondary N) is 1. The Morgan fingerprint density at radius 3 is 3.00 bits per heavy atom. The second-order valence-corrected chi connectivity index (χ2v) is 5.95. The minimum absolute atomic E-state index is 0. The molecule has 1 amide bonds. The Labute approximate surface area is 140 Å². The summed E-state index contributed by atoms with van der Waals surface area (Å²) in [7, 11) is 0. The van der Waals surface area contributed by atoms with E-state index < -0.39 is 0 Å². The second-order valence-electron chi connectivity index (χ2n) is 5.08. The number of rotatable bonds is 4. The van der Waals surface area contributed by atoms with E-state index in [4.69, 9.17) is 5.73 Å². The Morgan fingerprint density at radius 1 is 1.48 bits per heavy atom. The molecule has 3 N–H and O–H groups in total. The van der Waals surface area contributed by atoms with Gasteiger partial charge in [0.15, 0.2) is 4.96 Å². The molecule has 2 aromatic heterocycles. The largest absolute Gasteiger partial charge is 0.350 e. The van der Waals surface area contributed by atoms with Gasteiger partial charge in [-0.15, -0.1) is 36.2 Å². The van der Waals surface area contributed by atoms with Crippen molar-refractivity contribution in [3.8, 4) is 0 Å². The first-order valence-electron chi connectivity index (χ1n) is 6.67. The average Bonchev–Trinajstić information content (AvgIpc) is 3.09. The van der Waals surface area contributed by atoms with Gasteiger partial charge in [0.05, 0.1) is 12.2 Å². The van der Waals surface area contributed by atoms with Crippen molar-refractivity contribution in [2.45, 2.75) is 25.8 Å². The van der Waals surface area contributed by atoms with Crippen LogP contribution in [0.1, 0.15) is 25.0 Å². The van der Waals surface area contributed by atoms with Gasteiger partial charge in [-0.1, -0.05) is 6.42 Å². The van der Waals surface area contributed by atoms with Gasteiger partial charge in [-0.2, -0.15) is 0 Å². The number of imidazole rings is 1. The van der Waals surface area contributed by atoms with Crippen molar-refractivity contribution in [3.05, 3.63) is 23.5 Å². The number of carbonyl (C=O) groups is 1. The van der Waals surface area contributed by atoms with Crippen LogP contribution in [0, 0.1) is 11.8 Å². The fourth-order valence-electron chi connectivity index (χ4n) is 2.83. The molecule has 0 unspecified atom stereocenters. The molecule has 0 aromatic carbocycles. The number of halogens is 2. The monoisotopic (exact) mass is 350 g/mol. The van der Waals surface area contributed by atoms with E-state index in [1.54, 1.807) is 11.3 Å². The number of amides is 1. The Morgan fingerprint density at radius 2 is 2.29 bits per heavy atom. The van der Waals surface area contributed by atoms with Gasteiger partial charge in [0, 0.05) is 23.7 Å². The van der Waals surface area contributed by atoms with Crippen molar-refractivity contribution in [1.82, 2.24) is 14.7 Å². The predicted octanol–water partition coefficient (Wildman–Crippen LogP) is 2.23. The van der Waals surface area contributed by atoms with Crippen molar-refractivity contribution in [1.29, 1.82) is 0 Å². The number of thiazole rings is 1. The van der Waals surface area contributed by atoms with Crippen molar-refractivity contribution < 1.29 is 4.79 Å². The average molecular weight is 351 g/mol. The summed E-state index contributed by atoms with van der Waals surface area (Å²) < 4.78 is 1.98. The van der Waals surface area contributed by atoms with Gasteiger partial charge in [-0.3, -0.25) is 9.20 Å². The highest BCUT2D eigenvalue weighted by molar-refractivity contribution is 7.15. The lowest BCUT2D eigenvalue weighted by molar-refractivity contribution is -0.126. The number of hydrogen-bond donors (Lipinski definition) is 2. The molecule has 0 saturated heterocycles. The highest BCUT2D eigenvalue weighted by Crippen LogP contribution is 2.30. The Balaban J connectivity index is 0.00000110. The van der Waals surface area contributed by atoms with Gasteiger partial charge in [-0.25, -0.2) is 4.98 Å². The van der Waals surface area contributed by atoms with Crippen molar-refractivity contribution in [2.24, 2.45) is 17.6 Å². The first-order valence-corrected chi connectivity index (χ1v) is 7.54. The highest BCUT2D eigenvalue weighted by Gasteiger charge is 2.31. The van der Waals surface area contributed by atoms with E-state index in [0.29, 0.717) is 19.0 Å². The van der Waals surface area contributed by atoms with E-state index in [-0.39, 0.29) is 36.6 Å². The summed E-state index contributed by atoms with van der Waals surface area (Å²) in [6, 6.07) is 0. The summed E-state index contributed by atoms with van der Waals surface area (Å²) in [5, 5.41) is 4.99. The van der Waals surface area contributed by atoms with Crippen molar-refractivity contribution in [2.75, 3.05) is 6.54 Å². The summed E-state index contributed by atoms with van der Waals surface area (Å²) >= 11 is 1.59. The third-order valence-electron chi connectivity index (χ3n) is 3.89. The Bertz CT molecular complexity index is 557. The molecule has 1 saturated carbocycles. The lowest BCUT2D eigenvalue weighted by Crippen LogP contribution is -2.34. The van der Waals surface area contributed by atoms with Crippen LogP contribution in [0.4, 0.5) is 0 Å². The maximum Gasteiger partial charge on any atom is 0.223 e. The van der Waals surface area contributed by atoms with E-state index in [1.165, 1.54) is 0 Å². The van der Waals surface area contributed by atoms with Gasteiger partial charge in [0.25, 0.3) is 0 Å². The summed E-state index contributed by atoms with van der Waals surface area (Å²) in [5.41, 5.74) is 6.62. The molecule has 21 heavy (non-hydrogen) atoms. The molecule has 8 heteroatoms. The number of fused-ring (bicyclic) bond motifs is 1. The van der Waals surface area contributed by atoms with Crippen LogP contribution in [-0.4, -0.2) is 21.8 Å². The first kappa shape index (κ1) is 18.2. The quantitative estimate of drug-likeness (QED) is 0.887. The normalized spacial score (nSPS) is 20.8. The number of carbonyl (C=O) groups excluding carboxylic acids is 1. The summed E-state index contributed by atoms with van der Waals surface area (Å²) in [6.07, 6.45) is 7.09. The highest BCUT2D eigenvalue weighted by atomic mass is 35.5. The molecular weight excluding hydrogens is 331 g/mol. The minimum atomic E-state index is 0. The summed E-state index contributed by atoms with van der Waals surface area (Å²) in [5.74, 6) is 0.573. The molecule has 0 spiro atoms. The van der Waals surface area contributed by atoms with Crippen molar-refractivity contribution >= 4 is 47.0 Å². The molecule has 5 nitrogen and oxygen atoms in total. The molecule has 0 aliphatic heterocycles. The summed E-state index contributed by atoms with van der Waals surface area (Å²) in [4.78, 5) is 17.6. The van der Waals surface area contributed by atoms with E-state index in [2.05, 4.69) is 10.3 Å². The SMILES string of the molecule is Cl.Cl.NC[C@H]1CCC[C@H]1C(=O)NCc1cn2ccsc2n1.